The molecule has 2 N–H and O–H groups in total. The lowest BCUT2D eigenvalue weighted by atomic mass is 10.2. The molecule has 1 saturated heterocycles. The molecule has 4 nitrogen and oxygen atoms in total. The molecule has 2 aromatic carbocycles. The van der Waals surface area contributed by atoms with Crippen LogP contribution in [0.5, 0.6) is 0 Å². The van der Waals surface area contributed by atoms with Crippen molar-refractivity contribution in [3.8, 4) is 0 Å². The zero-order chi connectivity index (χ0) is 17.6. The van der Waals surface area contributed by atoms with Gasteiger partial charge >= 0.3 is 0 Å². The number of nitrogens with zero attached hydrogens (tertiary/aromatic N) is 1. The van der Waals surface area contributed by atoms with Crippen molar-refractivity contribution in [2.75, 3.05) is 36.5 Å². The Morgan fingerprint density at radius 2 is 1.88 bits per heavy atom. The van der Waals surface area contributed by atoms with Crippen molar-refractivity contribution in [1.29, 1.82) is 0 Å². The summed E-state index contributed by atoms with van der Waals surface area (Å²) in [6.45, 7) is 4.15. The van der Waals surface area contributed by atoms with Crippen LogP contribution >= 0.6 is 39.7 Å². The lowest BCUT2D eigenvalue weighted by molar-refractivity contribution is 0.122. The van der Waals surface area contributed by atoms with E-state index in [-0.39, 0.29) is 0 Å². The van der Waals surface area contributed by atoms with Gasteiger partial charge in [0.15, 0.2) is 5.11 Å². The molecule has 1 fully saturated rings. The highest BCUT2D eigenvalue weighted by atomic mass is 79.9. The molecule has 2 aromatic rings. The lowest BCUT2D eigenvalue weighted by Gasteiger charge is -2.28. The van der Waals surface area contributed by atoms with Crippen LogP contribution in [0.2, 0.25) is 5.02 Å². The van der Waals surface area contributed by atoms with Crippen LogP contribution in [0.4, 0.5) is 11.4 Å². The number of morpholine rings is 1. The Morgan fingerprint density at radius 1 is 1.16 bits per heavy atom. The first-order chi connectivity index (χ1) is 12.1. The van der Waals surface area contributed by atoms with Crippen molar-refractivity contribution in [2.45, 2.75) is 6.54 Å². The van der Waals surface area contributed by atoms with Crippen LogP contribution in [-0.2, 0) is 11.3 Å². The van der Waals surface area contributed by atoms with E-state index in [0.717, 1.165) is 36.5 Å². The minimum absolute atomic E-state index is 0.565. The fourth-order valence-corrected chi connectivity index (χ4v) is 3.19. The van der Waals surface area contributed by atoms with Crippen LogP contribution < -0.4 is 15.5 Å². The Labute approximate surface area is 166 Å². The van der Waals surface area contributed by atoms with E-state index in [2.05, 4.69) is 55.7 Å². The van der Waals surface area contributed by atoms with Crippen LogP contribution in [-0.4, -0.2) is 31.4 Å². The average Bonchev–Trinajstić information content (AvgIpc) is 2.64. The van der Waals surface area contributed by atoms with Crippen molar-refractivity contribution in [1.82, 2.24) is 5.32 Å². The molecule has 0 saturated carbocycles. The Hall–Kier alpha value is -1.34. The van der Waals surface area contributed by atoms with Crippen molar-refractivity contribution in [3.63, 3.8) is 0 Å². The molecule has 0 atom stereocenters. The molecule has 0 spiro atoms. The molecule has 7 heteroatoms. The Bertz CT molecular complexity index is 736. The van der Waals surface area contributed by atoms with Gasteiger partial charge < -0.3 is 20.3 Å². The predicted octanol–water partition coefficient (Wildman–Crippen LogP) is 4.43. The number of thiocarbonyl (C=S) groups is 1. The van der Waals surface area contributed by atoms with Crippen LogP contribution in [0.1, 0.15) is 5.56 Å². The first kappa shape index (κ1) is 18.5. The molecule has 0 amide bonds. The molecule has 0 aliphatic carbocycles. The van der Waals surface area contributed by atoms with Crippen molar-refractivity contribution < 1.29 is 4.74 Å². The maximum atomic E-state index is 6.09. The summed E-state index contributed by atoms with van der Waals surface area (Å²) in [5.74, 6) is 0. The molecule has 0 aromatic heterocycles. The van der Waals surface area contributed by atoms with Crippen LogP contribution in [0, 0.1) is 0 Å². The lowest BCUT2D eigenvalue weighted by Crippen LogP contribution is -2.36. The van der Waals surface area contributed by atoms with Gasteiger partial charge in [-0.05, 0) is 64.0 Å². The van der Waals surface area contributed by atoms with Crippen molar-refractivity contribution >= 4 is 56.2 Å². The second kappa shape index (κ2) is 8.85. The van der Waals surface area contributed by atoms with E-state index in [1.54, 1.807) is 0 Å². The molecule has 0 radical (unpaired) electrons. The highest BCUT2D eigenvalue weighted by molar-refractivity contribution is 9.10. The maximum absolute atomic E-state index is 6.09. The number of ether oxygens (including phenoxy) is 1. The van der Waals surface area contributed by atoms with Gasteiger partial charge in [-0.25, -0.2) is 0 Å². The van der Waals surface area contributed by atoms with Gasteiger partial charge in [-0.2, -0.15) is 0 Å². The smallest absolute Gasteiger partial charge is 0.171 e. The fourth-order valence-electron chi connectivity index (χ4n) is 2.58. The maximum Gasteiger partial charge on any atom is 0.171 e. The summed E-state index contributed by atoms with van der Waals surface area (Å²) in [4.78, 5) is 2.34. The minimum Gasteiger partial charge on any atom is -0.378 e. The van der Waals surface area contributed by atoms with E-state index in [9.17, 15) is 0 Å². The van der Waals surface area contributed by atoms with Crippen LogP contribution in [0.3, 0.4) is 0 Å². The van der Waals surface area contributed by atoms with Gasteiger partial charge in [0.05, 0.1) is 18.2 Å². The second-order valence-electron chi connectivity index (χ2n) is 5.70. The molecule has 0 unspecified atom stereocenters. The first-order valence-corrected chi connectivity index (χ1v) is 9.61. The number of hydrogen-bond acceptors (Lipinski definition) is 3. The number of rotatable bonds is 4. The molecule has 1 aliphatic rings. The Balaban J connectivity index is 1.50. The highest BCUT2D eigenvalue weighted by Gasteiger charge is 2.10. The van der Waals surface area contributed by atoms with E-state index in [0.29, 0.717) is 16.7 Å². The number of nitrogens with one attached hydrogen (secondary N) is 2. The van der Waals surface area contributed by atoms with Gasteiger partial charge in [-0.1, -0.05) is 23.7 Å². The van der Waals surface area contributed by atoms with Gasteiger partial charge in [0.25, 0.3) is 0 Å². The SMILES string of the molecule is S=C(NCc1ccc(N2CCOCC2)cc1)Nc1ccc(Br)c(Cl)c1. The van der Waals surface area contributed by atoms with E-state index < -0.39 is 0 Å². The zero-order valence-corrected chi connectivity index (χ0v) is 16.8. The first-order valence-electron chi connectivity index (χ1n) is 8.03. The normalized spacial score (nSPS) is 14.2. The van der Waals surface area contributed by atoms with Crippen molar-refractivity contribution in [3.05, 3.63) is 57.5 Å². The predicted molar refractivity (Wildman–Crippen MR) is 112 cm³/mol. The molecule has 1 aliphatic heterocycles. The summed E-state index contributed by atoms with van der Waals surface area (Å²) in [5.41, 5.74) is 3.26. The largest absolute Gasteiger partial charge is 0.378 e. The minimum atomic E-state index is 0.565. The Morgan fingerprint density at radius 3 is 2.56 bits per heavy atom. The summed E-state index contributed by atoms with van der Waals surface area (Å²) in [6, 6.07) is 14.2. The summed E-state index contributed by atoms with van der Waals surface area (Å²) in [5, 5.41) is 7.56. The molecule has 132 valence electrons. The van der Waals surface area contributed by atoms with Crippen LogP contribution in [0.15, 0.2) is 46.9 Å². The van der Waals surface area contributed by atoms with Gasteiger partial charge in [-0.3, -0.25) is 0 Å². The standard InChI is InChI=1S/C18H19BrClN3OS/c19-16-6-3-14(11-17(16)20)22-18(25)21-12-13-1-4-15(5-2-13)23-7-9-24-10-8-23/h1-6,11H,7-10,12H2,(H2,21,22,25). The summed E-state index contributed by atoms with van der Waals surface area (Å²) < 4.78 is 6.25. The van der Waals surface area contributed by atoms with Crippen molar-refractivity contribution in [2.24, 2.45) is 0 Å². The number of benzene rings is 2. The molecule has 25 heavy (non-hydrogen) atoms. The summed E-state index contributed by atoms with van der Waals surface area (Å²) in [6.07, 6.45) is 0. The van der Waals surface area contributed by atoms with Gasteiger partial charge in [0.2, 0.25) is 0 Å². The van der Waals surface area contributed by atoms with E-state index in [1.165, 1.54) is 11.3 Å². The van der Waals surface area contributed by atoms with Gasteiger partial charge in [-0.15, -0.1) is 0 Å². The topological polar surface area (TPSA) is 36.5 Å². The number of anilines is 2. The van der Waals surface area contributed by atoms with Gasteiger partial charge in [0.1, 0.15) is 0 Å². The summed E-state index contributed by atoms with van der Waals surface area (Å²) >= 11 is 14.8. The Kier molecular flexibility index (Phi) is 6.53. The third-order valence-corrected chi connectivity index (χ3v) is 5.42. The monoisotopic (exact) mass is 439 g/mol. The summed E-state index contributed by atoms with van der Waals surface area (Å²) in [7, 11) is 0. The highest BCUT2D eigenvalue weighted by Crippen LogP contribution is 2.25. The molecular formula is C18H19BrClN3OS. The van der Waals surface area contributed by atoms with E-state index in [1.807, 2.05) is 18.2 Å². The second-order valence-corrected chi connectivity index (χ2v) is 7.37. The average molecular weight is 441 g/mol. The third kappa shape index (κ3) is 5.31. The van der Waals surface area contributed by atoms with Crippen LogP contribution in [0.25, 0.3) is 0 Å². The number of halogens is 2. The van der Waals surface area contributed by atoms with Gasteiger partial charge in [0, 0.05) is 35.5 Å². The molecule has 0 bridgehead atoms. The molecule has 3 rings (SSSR count). The fraction of sp³-hybridized carbons (Fsp3) is 0.278. The zero-order valence-electron chi connectivity index (χ0n) is 13.6. The molecule has 1 heterocycles. The van der Waals surface area contributed by atoms with E-state index >= 15 is 0 Å². The number of hydrogen-bond donors (Lipinski definition) is 2. The van der Waals surface area contributed by atoms with E-state index in [4.69, 9.17) is 28.6 Å². The molecular weight excluding hydrogens is 422 g/mol. The quantitative estimate of drug-likeness (QED) is 0.688. The third-order valence-electron chi connectivity index (χ3n) is 3.94.